The Morgan fingerprint density at radius 2 is 1.97 bits per heavy atom. The highest BCUT2D eigenvalue weighted by Crippen LogP contribution is 2.62. The summed E-state index contributed by atoms with van der Waals surface area (Å²) in [6.45, 7) is 9.77. The largest absolute Gasteiger partial charge is 0.481 e. The fourth-order valence-electron chi connectivity index (χ4n) is 5.74. The summed E-state index contributed by atoms with van der Waals surface area (Å²) in [5, 5.41) is 0. The fourth-order valence-corrected chi connectivity index (χ4v) is 5.74. The molecule has 0 N–H and O–H groups in total. The highest BCUT2D eigenvalue weighted by Gasteiger charge is 2.65. The molecule has 5 rings (SSSR count). The molecule has 29 heavy (non-hydrogen) atoms. The number of carbonyl (C=O) groups is 2. The first-order valence-electron chi connectivity index (χ1n) is 9.99. The van der Waals surface area contributed by atoms with Crippen molar-refractivity contribution in [1.82, 2.24) is 4.90 Å². The van der Waals surface area contributed by atoms with Crippen molar-refractivity contribution in [2.24, 2.45) is 5.92 Å². The van der Waals surface area contributed by atoms with Gasteiger partial charge in [-0.05, 0) is 44.1 Å². The molecule has 2 aliphatic heterocycles. The van der Waals surface area contributed by atoms with Gasteiger partial charge >= 0.3 is 11.9 Å². The van der Waals surface area contributed by atoms with Crippen LogP contribution in [0, 0.1) is 5.92 Å². The van der Waals surface area contributed by atoms with Gasteiger partial charge in [0.2, 0.25) is 0 Å². The van der Waals surface area contributed by atoms with Crippen molar-refractivity contribution in [1.29, 1.82) is 0 Å². The molecule has 1 fully saturated rings. The van der Waals surface area contributed by atoms with Crippen LogP contribution < -0.4 is 9.47 Å². The average Bonchev–Trinajstić information content (AvgIpc) is 3.03. The summed E-state index contributed by atoms with van der Waals surface area (Å²) in [4.78, 5) is 25.7. The molecule has 4 aliphatic rings. The Morgan fingerprint density at radius 1 is 1.21 bits per heavy atom. The molecular weight excluding hydrogens is 370 g/mol. The lowest BCUT2D eigenvalue weighted by Crippen LogP contribution is -2.65. The molecule has 5 atom stereocenters. The van der Waals surface area contributed by atoms with E-state index < -0.39 is 6.10 Å². The van der Waals surface area contributed by atoms with Crippen LogP contribution in [0.3, 0.4) is 0 Å². The van der Waals surface area contributed by atoms with Crippen LogP contribution in [0.15, 0.2) is 37.4 Å². The maximum absolute atomic E-state index is 11.7. The van der Waals surface area contributed by atoms with Crippen LogP contribution in [0.1, 0.15) is 31.4 Å². The zero-order valence-electron chi connectivity index (χ0n) is 17.1. The number of benzene rings is 1. The number of hydrogen-bond donors (Lipinski definition) is 0. The van der Waals surface area contributed by atoms with Crippen molar-refractivity contribution in [2.75, 3.05) is 13.6 Å². The maximum Gasteiger partial charge on any atom is 0.308 e. The first kappa shape index (κ1) is 19.7. The number of carbonyl (C=O) groups excluding carboxylic acids is 2. The number of rotatable bonds is 2. The van der Waals surface area contributed by atoms with Crippen molar-refractivity contribution < 1.29 is 23.8 Å². The highest BCUT2D eigenvalue weighted by atomic mass is 16.6. The summed E-state index contributed by atoms with van der Waals surface area (Å²) in [5.41, 5.74) is 2.15. The second-order valence-corrected chi connectivity index (χ2v) is 8.09. The van der Waals surface area contributed by atoms with E-state index in [2.05, 4.69) is 37.2 Å². The Bertz CT molecular complexity index is 893. The average molecular weight is 397 g/mol. The van der Waals surface area contributed by atoms with Crippen molar-refractivity contribution >= 4 is 11.9 Å². The fraction of sp³-hybridized carbons (Fsp3) is 0.478. The Labute approximate surface area is 171 Å². The van der Waals surface area contributed by atoms with Gasteiger partial charge in [-0.3, -0.25) is 9.59 Å². The third-order valence-corrected chi connectivity index (χ3v) is 6.67. The molecule has 0 amide bonds. The van der Waals surface area contributed by atoms with Gasteiger partial charge in [0.05, 0.1) is 0 Å². The third-order valence-electron chi connectivity index (χ3n) is 6.67. The standard InChI is InChI=1S/C21H23NO5.C2H4/c1-11(23)25-16-6-4-13-10-15-14-5-7-17(26-12(2)24)20-21(14,8-9-22(15)3)18(13)19(16)27-20;1-2/h4-7,14-15,17,20H,8-10H2,1-3H3;1-2H2/t14-,15+,17-,20-,21-;/m0./s1. The molecular formula is C23H27NO5. The van der Waals surface area contributed by atoms with Crippen LogP contribution in [0.5, 0.6) is 11.5 Å². The van der Waals surface area contributed by atoms with Crippen LogP contribution in [0.2, 0.25) is 0 Å². The highest BCUT2D eigenvalue weighted by molar-refractivity contribution is 5.73. The van der Waals surface area contributed by atoms with E-state index >= 15 is 0 Å². The van der Waals surface area contributed by atoms with Gasteiger partial charge in [0.15, 0.2) is 17.6 Å². The maximum atomic E-state index is 11.7. The number of ether oxygens (including phenoxy) is 3. The summed E-state index contributed by atoms with van der Waals surface area (Å²) in [6, 6.07) is 4.28. The van der Waals surface area contributed by atoms with Gasteiger partial charge in [-0.25, -0.2) is 0 Å². The van der Waals surface area contributed by atoms with Crippen LogP contribution in [-0.4, -0.2) is 48.7 Å². The number of likely N-dealkylation sites (N-methyl/N-ethyl adjacent to an activating group) is 1. The minimum absolute atomic E-state index is 0.245. The van der Waals surface area contributed by atoms with Gasteiger partial charge in [0.1, 0.15) is 6.10 Å². The molecule has 0 radical (unpaired) electrons. The van der Waals surface area contributed by atoms with Crippen LogP contribution in [0.4, 0.5) is 0 Å². The molecule has 0 saturated carbocycles. The molecule has 0 aromatic heterocycles. The Hall–Kier alpha value is -2.60. The second kappa shape index (κ2) is 7.02. The minimum Gasteiger partial charge on any atom is -0.481 e. The molecule has 1 aromatic carbocycles. The SMILES string of the molecule is C=C.CC(=O)Oc1ccc2c3c1O[C@H]1[C@@H](OC(C)=O)C=C[C@H]4[C@@H](C2)N(C)CC[C@@]341. The first-order valence-corrected chi connectivity index (χ1v) is 9.99. The second-order valence-electron chi connectivity index (χ2n) is 8.09. The van der Waals surface area contributed by atoms with E-state index in [4.69, 9.17) is 14.2 Å². The molecule has 2 heterocycles. The van der Waals surface area contributed by atoms with Gasteiger partial charge in [-0.15, -0.1) is 13.2 Å². The van der Waals surface area contributed by atoms with Gasteiger partial charge < -0.3 is 19.1 Å². The van der Waals surface area contributed by atoms with E-state index in [1.165, 1.54) is 19.4 Å². The van der Waals surface area contributed by atoms with E-state index in [1.54, 1.807) is 0 Å². The summed E-state index contributed by atoms with van der Waals surface area (Å²) >= 11 is 0. The van der Waals surface area contributed by atoms with E-state index in [0.29, 0.717) is 17.5 Å². The summed E-state index contributed by atoms with van der Waals surface area (Å²) in [5.74, 6) is 0.712. The smallest absolute Gasteiger partial charge is 0.308 e. The molecule has 0 unspecified atom stereocenters. The van der Waals surface area contributed by atoms with Crippen molar-refractivity contribution in [2.45, 2.75) is 50.4 Å². The first-order chi connectivity index (χ1) is 13.9. The van der Waals surface area contributed by atoms with Gasteiger partial charge in [-0.1, -0.05) is 12.1 Å². The van der Waals surface area contributed by atoms with E-state index in [9.17, 15) is 9.59 Å². The van der Waals surface area contributed by atoms with Gasteiger partial charge in [0, 0.05) is 36.8 Å². The Kier molecular flexibility index (Phi) is 4.77. The minimum atomic E-state index is -0.439. The van der Waals surface area contributed by atoms with Crippen molar-refractivity contribution in [3.05, 3.63) is 48.6 Å². The summed E-state index contributed by atoms with van der Waals surface area (Å²) in [7, 11) is 2.17. The molecule has 1 spiro atoms. The zero-order valence-corrected chi connectivity index (χ0v) is 17.1. The predicted octanol–water partition coefficient (Wildman–Crippen LogP) is 2.79. The number of hydrogen-bond acceptors (Lipinski definition) is 6. The molecule has 1 aromatic rings. The number of likely N-dealkylation sites (tertiary alicyclic amines) is 1. The van der Waals surface area contributed by atoms with Gasteiger partial charge in [-0.2, -0.15) is 0 Å². The summed E-state index contributed by atoms with van der Waals surface area (Å²) in [6.07, 6.45) is 5.31. The molecule has 2 aliphatic carbocycles. The quantitative estimate of drug-likeness (QED) is 0.434. The Morgan fingerprint density at radius 3 is 2.66 bits per heavy atom. The van der Waals surface area contributed by atoms with Crippen molar-refractivity contribution in [3.8, 4) is 11.5 Å². The monoisotopic (exact) mass is 397 g/mol. The predicted molar refractivity (Wildman–Crippen MR) is 108 cm³/mol. The van der Waals surface area contributed by atoms with E-state index in [1.807, 2.05) is 12.1 Å². The molecule has 1 saturated heterocycles. The summed E-state index contributed by atoms with van der Waals surface area (Å²) < 4.78 is 17.5. The van der Waals surface area contributed by atoms with Crippen LogP contribution >= 0.6 is 0 Å². The lowest BCUT2D eigenvalue weighted by Gasteiger charge is -2.56. The zero-order chi connectivity index (χ0) is 20.9. The Balaban J connectivity index is 0.000000994. The molecule has 6 heteroatoms. The van der Waals surface area contributed by atoms with Crippen molar-refractivity contribution in [3.63, 3.8) is 0 Å². The normalized spacial score (nSPS) is 32.9. The lowest BCUT2D eigenvalue weighted by atomic mass is 9.53. The number of esters is 2. The number of nitrogens with zero attached hydrogens (tertiary/aromatic N) is 1. The molecule has 6 nitrogen and oxygen atoms in total. The van der Waals surface area contributed by atoms with Crippen LogP contribution in [-0.2, 0) is 26.2 Å². The van der Waals surface area contributed by atoms with Crippen LogP contribution in [0.25, 0.3) is 0 Å². The topological polar surface area (TPSA) is 65.1 Å². The number of piperidine rings is 1. The lowest BCUT2D eigenvalue weighted by molar-refractivity contribution is -0.152. The van der Waals surface area contributed by atoms with Gasteiger partial charge in [0.25, 0.3) is 0 Å². The van der Waals surface area contributed by atoms with E-state index in [0.717, 1.165) is 24.9 Å². The molecule has 154 valence electrons. The third kappa shape index (κ3) is 2.73. The van der Waals surface area contributed by atoms with E-state index in [-0.39, 0.29) is 29.4 Å². The molecule has 2 bridgehead atoms.